The van der Waals surface area contributed by atoms with E-state index >= 15 is 0 Å². The molecule has 0 spiro atoms. The van der Waals surface area contributed by atoms with Gasteiger partial charge in [-0.15, -0.1) is 0 Å². The summed E-state index contributed by atoms with van der Waals surface area (Å²) in [6.07, 6.45) is 3.40. The first-order chi connectivity index (χ1) is 15.5. The molecular formula is C24H24ClNO4S2. The Hall–Kier alpha value is -2.35. The third kappa shape index (κ3) is 7.08. The first-order valence-electron chi connectivity index (χ1n) is 10.3. The van der Waals surface area contributed by atoms with Gasteiger partial charge in [-0.3, -0.25) is 14.5 Å². The molecule has 3 rings (SSSR count). The van der Waals surface area contributed by atoms with Gasteiger partial charge in [-0.05, 0) is 54.3 Å². The Labute approximate surface area is 202 Å². The fraction of sp³-hybridized carbons (Fsp3) is 0.292. The number of amides is 1. The summed E-state index contributed by atoms with van der Waals surface area (Å²) in [4.78, 5) is 26.5. The largest absolute Gasteiger partial charge is 0.489 e. The molecule has 1 saturated heterocycles. The van der Waals surface area contributed by atoms with Gasteiger partial charge >= 0.3 is 5.97 Å². The molecule has 0 unspecified atom stereocenters. The van der Waals surface area contributed by atoms with Crippen LogP contribution in [0.1, 0.15) is 37.3 Å². The lowest BCUT2D eigenvalue weighted by Crippen LogP contribution is -2.29. The second-order valence-corrected chi connectivity index (χ2v) is 9.25. The summed E-state index contributed by atoms with van der Waals surface area (Å²) >= 11 is 12.5. The molecule has 5 nitrogen and oxygen atoms in total. The van der Waals surface area contributed by atoms with E-state index in [4.69, 9.17) is 33.3 Å². The Morgan fingerprint density at radius 3 is 2.56 bits per heavy atom. The highest BCUT2D eigenvalue weighted by molar-refractivity contribution is 8.26. The van der Waals surface area contributed by atoms with Crippen LogP contribution in [-0.4, -0.2) is 34.2 Å². The molecule has 168 valence electrons. The molecule has 1 amide bonds. The zero-order valence-electron chi connectivity index (χ0n) is 17.7. The number of hydrogen-bond donors (Lipinski definition) is 0. The normalized spacial score (nSPS) is 14.8. The van der Waals surface area contributed by atoms with Gasteiger partial charge in [0.15, 0.2) is 0 Å². The third-order valence-corrected chi connectivity index (χ3v) is 6.23. The predicted molar refractivity (Wildman–Crippen MR) is 133 cm³/mol. The monoisotopic (exact) mass is 489 g/mol. The van der Waals surface area contributed by atoms with Crippen molar-refractivity contribution in [2.24, 2.45) is 0 Å². The van der Waals surface area contributed by atoms with Crippen molar-refractivity contribution in [1.82, 2.24) is 4.90 Å². The highest BCUT2D eigenvalue weighted by Gasteiger charge is 2.31. The molecule has 32 heavy (non-hydrogen) atoms. The van der Waals surface area contributed by atoms with Crippen molar-refractivity contribution < 1.29 is 19.1 Å². The molecule has 0 aromatic heterocycles. The number of thiocarbonyl (C=S) groups is 1. The SMILES string of the molecule is CCCOC(=O)CCCN1C(=O)/C(=C/c2ccc(OCc3ccc(Cl)cc3)cc2)SC1=S. The molecule has 1 heterocycles. The van der Waals surface area contributed by atoms with E-state index in [-0.39, 0.29) is 18.3 Å². The van der Waals surface area contributed by atoms with Gasteiger partial charge in [-0.2, -0.15) is 0 Å². The number of rotatable bonds is 10. The number of ether oxygens (including phenoxy) is 2. The van der Waals surface area contributed by atoms with Gasteiger partial charge in [0, 0.05) is 18.0 Å². The summed E-state index contributed by atoms with van der Waals surface area (Å²) in [6, 6.07) is 15.0. The Morgan fingerprint density at radius 1 is 1.16 bits per heavy atom. The Bertz CT molecular complexity index is 990. The number of halogens is 1. The molecule has 1 aliphatic rings. The predicted octanol–water partition coefficient (Wildman–Crippen LogP) is 5.85. The van der Waals surface area contributed by atoms with Gasteiger partial charge < -0.3 is 9.47 Å². The van der Waals surface area contributed by atoms with Gasteiger partial charge in [0.2, 0.25) is 0 Å². The van der Waals surface area contributed by atoms with E-state index in [1.54, 1.807) is 4.90 Å². The van der Waals surface area contributed by atoms with Crippen LogP contribution in [0.3, 0.4) is 0 Å². The second-order valence-electron chi connectivity index (χ2n) is 7.14. The van der Waals surface area contributed by atoms with Crippen molar-refractivity contribution in [2.75, 3.05) is 13.2 Å². The standard InChI is InChI=1S/C24H24ClNO4S2/c1-2-14-29-22(27)4-3-13-26-23(28)21(32-24(26)31)15-17-7-11-20(12-8-17)30-16-18-5-9-19(25)10-6-18/h5-12,15H,2-4,13-14,16H2,1H3/b21-15-. The van der Waals surface area contributed by atoms with E-state index in [0.29, 0.717) is 40.4 Å². The van der Waals surface area contributed by atoms with Crippen LogP contribution in [0.2, 0.25) is 5.02 Å². The van der Waals surface area contributed by atoms with E-state index < -0.39 is 0 Å². The molecule has 2 aromatic rings. The number of nitrogens with zero attached hydrogens (tertiary/aromatic N) is 1. The van der Waals surface area contributed by atoms with Gasteiger partial charge in [0.05, 0.1) is 11.5 Å². The molecular weight excluding hydrogens is 466 g/mol. The molecule has 0 atom stereocenters. The first-order valence-corrected chi connectivity index (χ1v) is 11.9. The Morgan fingerprint density at radius 2 is 1.88 bits per heavy atom. The average molecular weight is 490 g/mol. The zero-order chi connectivity index (χ0) is 22.9. The minimum absolute atomic E-state index is 0.134. The minimum atomic E-state index is -0.244. The van der Waals surface area contributed by atoms with Gasteiger partial charge in [0.25, 0.3) is 5.91 Å². The van der Waals surface area contributed by atoms with Crippen LogP contribution in [0.25, 0.3) is 6.08 Å². The molecule has 0 radical (unpaired) electrons. The van der Waals surface area contributed by atoms with Crippen LogP contribution in [-0.2, 0) is 20.9 Å². The number of carbonyl (C=O) groups excluding carboxylic acids is 2. The fourth-order valence-corrected chi connectivity index (χ4v) is 4.36. The van der Waals surface area contributed by atoms with Crippen molar-refractivity contribution in [2.45, 2.75) is 32.8 Å². The van der Waals surface area contributed by atoms with Crippen molar-refractivity contribution in [3.8, 4) is 5.75 Å². The molecule has 0 aliphatic carbocycles. The zero-order valence-corrected chi connectivity index (χ0v) is 20.1. The summed E-state index contributed by atoms with van der Waals surface area (Å²) < 4.78 is 11.4. The maximum Gasteiger partial charge on any atom is 0.305 e. The molecule has 0 bridgehead atoms. The molecule has 1 fully saturated rings. The lowest BCUT2D eigenvalue weighted by Gasteiger charge is -2.13. The summed E-state index contributed by atoms with van der Waals surface area (Å²) in [6.45, 7) is 3.22. The maximum absolute atomic E-state index is 12.7. The van der Waals surface area contributed by atoms with Gasteiger partial charge in [0.1, 0.15) is 16.7 Å². The highest BCUT2D eigenvalue weighted by Crippen LogP contribution is 2.33. The van der Waals surface area contributed by atoms with E-state index in [9.17, 15) is 9.59 Å². The number of esters is 1. The molecule has 0 N–H and O–H groups in total. The number of hydrogen-bond acceptors (Lipinski definition) is 6. The molecule has 8 heteroatoms. The van der Waals surface area contributed by atoms with Crippen LogP contribution < -0.4 is 4.74 Å². The first kappa shape index (κ1) is 24.3. The van der Waals surface area contributed by atoms with Gasteiger partial charge in [-0.1, -0.05) is 66.8 Å². The van der Waals surface area contributed by atoms with E-state index in [0.717, 1.165) is 23.3 Å². The third-order valence-electron chi connectivity index (χ3n) is 4.60. The van der Waals surface area contributed by atoms with Crippen molar-refractivity contribution in [3.05, 3.63) is 69.6 Å². The van der Waals surface area contributed by atoms with Crippen LogP contribution >= 0.6 is 35.6 Å². The van der Waals surface area contributed by atoms with E-state index in [1.165, 1.54) is 11.8 Å². The quantitative estimate of drug-likeness (QED) is 0.237. The second kappa shape index (κ2) is 12.0. The van der Waals surface area contributed by atoms with Gasteiger partial charge in [-0.25, -0.2) is 0 Å². The summed E-state index contributed by atoms with van der Waals surface area (Å²) in [5, 5.41) is 0.693. The van der Waals surface area contributed by atoms with Crippen LogP contribution in [0.5, 0.6) is 5.75 Å². The van der Waals surface area contributed by atoms with Crippen molar-refractivity contribution in [3.63, 3.8) is 0 Å². The lowest BCUT2D eigenvalue weighted by molar-refractivity contribution is -0.144. The number of carbonyl (C=O) groups is 2. The van der Waals surface area contributed by atoms with E-state index in [1.807, 2.05) is 61.5 Å². The summed E-state index contributed by atoms with van der Waals surface area (Å²) in [5.74, 6) is 0.357. The topological polar surface area (TPSA) is 55.8 Å². The van der Waals surface area contributed by atoms with Crippen molar-refractivity contribution >= 4 is 57.9 Å². The van der Waals surface area contributed by atoms with Crippen LogP contribution in [0, 0.1) is 0 Å². The molecule has 2 aromatic carbocycles. The Kier molecular flexibility index (Phi) is 9.14. The minimum Gasteiger partial charge on any atom is -0.489 e. The van der Waals surface area contributed by atoms with Crippen molar-refractivity contribution in [1.29, 1.82) is 0 Å². The maximum atomic E-state index is 12.7. The fourth-order valence-electron chi connectivity index (χ4n) is 2.92. The smallest absolute Gasteiger partial charge is 0.305 e. The van der Waals surface area contributed by atoms with Crippen LogP contribution in [0.15, 0.2) is 53.4 Å². The Balaban J connectivity index is 1.52. The highest BCUT2D eigenvalue weighted by atomic mass is 35.5. The average Bonchev–Trinajstić information content (AvgIpc) is 3.05. The van der Waals surface area contributed by atoms with Crippen LogP contribution in [0.4, 0.5) is 0 Å². The summed E-state index contributed by atoms with van der Waals surface area (Å²) in [5.41, 5.74) is 1.91. The number of thioether (sulfide) groups is 1. The van der Waals surface area contributed by atoms with E-state index in [2.05, 4.69) is 0 Å². The lowest BCUT2D eigenvalue weighted by atomic mass is 10.2. The summed E-state index contributed by atoms with van der Waals surface area (Å²) in [7, 11) is 0. The molecule has 0 saturated carbocycles. The molecule has 1 aliphatic heterocycles. The number of benzene rings is 2.